The first-order chi connectivity index (χ1) is 9.56. The fourth-order valence-corrected chi connectivity index (χ4v) is 3.89. The highest BCUT2D eigenvalue weighted by molar-refractivity contribution is 7.13. The van der Waals surface area contributed by atoms with E-state index in [1.165, 1.54) is 5.56 Å². The van der Waals surface area contributed by atoms with Crippen LogP contribution in [0.4, 0.5) is 0 Å². The van der Waals surface area contributed by atoms with Gasteiger partial charge in [0.05, 0.1) is 10.1 Å². The van der Waals surface area contributed by atoms with Crippen molar-refractivity contribution in [2.45, 2.75) is 40.7 Å². The van der Waals surface area contributed by atoms with Crippen LogP contribution in [0.15, 0.2) is 16.9 Å². The summed E-state index contributed by atoms with van der Waals surface area (Å²) in [4.78, 5) is 14.8. The van der Waals surface area contributed by atoms with Crippen LogP contribution in [-0.4, -0.2) is 28.5 Å². The highest BCUT2D eigenvalue weighted by atomic mass is 32.1. The molecule has 0 saturated heterocycles. The lowest BCUT2D eigenvalue weighted by Gasteiger charge is -2.17. The predicted octanol–water partition coefficient (Wildman–Crippen LogP) is 3.41. The molecule has 2 rings (SSSR count). The molecule has 0 amide bonds. The van der Waals surface area contributed by atoms with Crippen LogP contribution in [0.5, 0.6) is 0 Å². The van der Waals surface area contributed by atoms with Gasteiger partial charge in [0.25, 0.3) is 5.56 Å². The topological polar surface area (TPSA) is 25.2 Å². The zero-order valence-corrected chi connectivity index (χ0v) is 13.7. The Labute approximate surface area is 125 Å². The third-order valence-corrected chi connectivity index (χ3v) is 4.91. The van der Waals surface area contributed by atoms with Crippen LogP contribution in [0.25, 0.3) is 10.1 Å². The van der Waals surface area contributed by atoms with Crippen molar-refractivity contribution in [3.05, 3.63) is 33.6 Å². The lowest BCUT2D eigenvalue weighted by Crippen LogP contribution is -2.25. The van der Waals surface area contributed by atoms with Crippen molar-refractivity contribution in [3.8, 4) is 0 Å². The molecule has 4 heteroatoms. The average Bonchev–Trinajstić information content (AvgIpc) is 2.71. The van der Waals surface area contributed by atoms with Crippen molar-refractivity contribution < 1.29 is 0 Å². The molecule has 110 valence electrons. The van der Waals surface area contributed by atoms with Gasteiger partial charge in [-0.1, -0.05) is 31.4 Å². The van der Waals surface area contributed by atoms with Crippen LogP contribution in [0.1, 0.15) is 31.4 Å². The van der Waals surface area contributed by atoms with Crippen LogP contribution in [0.3, 0.4) is 0 Å². The summed E-state index contributed by atoms with van der Waals surface area (Å²) in [5.41, 5.74) is 2.51. The molecule has 1 aromatic carbocycles. The fraction of sp³-hybridized carbons (Fsp3) is 0.562. The number of benzene rings is 1. The Morgan fingerprint density at radius 2 is 1.90 bits per heavy atom. The first kappa shape index (κ1) is 15.3. The summed E-state index contributed by atoms with van der Waals surface area (Å²) in [5.74, 6) is 0. The van der Waals surface area contributed by atoms with Gasteiger partial charge in [-0.25, -0.2) is 0 Å². The number of rotatable bonds is 6. The number of hydrogen-bond acceptors (Lipinski definition) is 3. The highest BCUT2D eigenvalue weighted by Gasteiger charge is 2.10. The van der Waals surface area contributed by atoms with Crippen molar-refractivity contribution in [1.29, 1.82) is 0 Å². The molecule has 0 aliphatic carbocycles. The minimum atomic E-state index is 0.182. The number of hydrogen-bond donors (Lipinski definition) is 0. The minimum absolute atomic E-state index is 0.182. The molecule has 0 atom stereocenters. The van der Waals surface area contributed by atoms with E-state index in [4.69, 9.17) is 0 Å². The summed E-state index contributed by atoms with van der Waals surface area (Å²) < 4.78 is 3.04. The molecule has 0 fully saturated rings. The SMILES string of the molecule is CCN(CC)CCCn1sc2cc(C)cc(C)c2c1=O. The Morgan fingerprint density at radius 1 is 1.20 bits per heavy atom. The predicted molar refractivity (Wildman–Crippen MR) is 88.0 cm³/mol. The second-order valence-corrected chi connectivity index (χ2v) is 6.40. The second kappa shape index (κ2) is 6.55. The average molecular weight is 292 g/mol. The molecule has 0 saturated carbocycles. The standard InChI is InChI=1S/C16H24N2OS/c1-5-17(6-2)8-7-9-18-16(19)15-13(4)10-12(3)11-14(15)20-18/h10-11H,5-9H2,1-4H3. The zero-order chi connectivity index (χ0) is 14.7. The molecule has 0 spiro atoms. The maximum absolute atomic E-state index is 12.4. The van der Waals surface area contributed by atoms with Crippen LogP contribution < -0.4 is 5.56 Å². The summed E-state index contributed by atoms with van der Waals surface area (Å²) >= 11 is 1.60. The molecule has 0 unspecified atom stereocenters. The third-order valence-electron chi connectivity index (χ3n) is 3.82. The second-order valence-electron chi connectivity index (χ2n) is 5.33. The molecule has 0 radical (unpaired) electrons. The van der Waals surface area contributed by atoms with Crippen molar-refractivity contribution in [2.75, 3.05) is 19.6 Å². The molecule has 0 N–H and O–H groups in total. The molecular weight excluding hydrogens is 268 g/mol. The summed E-state index contributed by atoms with van der Waals surface area (Å²) in [6.07, 6.45) is 1.03. The van der Waals surface area contributed by atoms with E-state index < -0.39 is 0 Å². The van der Waals surface area contributed by atoms with E-state index in [2.05, 4.69) is 37.8 Å². The minimum Gasteiger partial charge on any atom is -0.304 e. The van der Waals surface area contributed by atoms with Crippen LogP contribution in [-0.2, 0) is 6.54 Å². The van der Waals surface area contributed by atoms with E-state index in [1.54, 1.807) is 11.5 Å². The van der Waals surface area contributed by atoms with Gasteiger partial charge in [0.15, 0.2) is 0 Å². The van der Waals surface area contributed by atoms with Crippen molar-refractivity contribution in [2.24, 2.45) is 0 Å². The Morgan fingerprint density at radius 3 is 2.55 bits per heavy atom. The molecular formula is C16H24N2OS. The molecule has 1 aromatic heterocycles. The fourth-order valence-electron chi connectivity index (χ4n) is 2.68. The van der Waals surface area contributed by atoms with Crippen molar-refractivity contribution >= 4 is 21.6 Å². The maximum atomic E-state index is 12.4. The highest BCUT2D eigenvalue weighted by Crippen LogP contribution is 2.22. The number of fused-ring (bicyclic) bond motifs is 1. The molecule has 20 heavy (non-hydrogen) atoms. The summed E-state index contributed by atoms with van der Waals surface area (Å²) in [6, 6.07) is 4.21. The monoisotopic (exact) mass is 292 g/mol. The summed E-state index contributed by atoms with van der Waals surface area (Å²) in [6.45, 7) is 12.5. The Kier molecular flexibility index (Phi) is 5.00. The number of nitrogens with zero attached hydrogens (tertiary/aromatic N) is 2. The van der Waals surface area contributed by atoms with Crippen LogP contribution in [0, 0.1) is 13.8 Å². The van der Waals surface area contributed by atoms with Gasteiger partial charge in [-0.2, -0.15) is 0 Å². The van der Waals surface area contributed by atoms with Gasteiger partial charge >= 0.3 is 0 Å². The van der Waals surface area contributed by atoms with Gasteiger partial charge in [-0.15, -0.1) is 0 Å². The van der Waals surface area contributed by atoms with E-state index in [-0.39, 0.29) is 5.56 Å². The van der Waals surface area contributed by atoms with Crippen LogP contribution >= 0.6 is 11.5 Å². The van der Waals surface area contributed by atoms with Gasteiger partial charge in [0, 0.05) is 6.54 Å². The third kappa shape index (κ3) is 3.13. The van der Waals surface area contributed by atoms with E-state index in [0.29, 0.717) is 0 Å². The lowest BCUT2D eigenvalue weighted by molar-refractivity contribution is 0.294. The Bertz CT molecular complexity index is 638. The van der Waals surface area contributed by atoms with Gasteiger partial charge < -0.3 is 4.90 Å². The quantitative estimate of drug-likeness (QED) is 0.815. The normalized spacial score (nSPS) is 11.7. The molecule has 0 bridgehead atoms. The summed E-state index contributed by atoms with van der Waals surface area (Å²) in [7, 11) is 0. The van der Waals surface area contributed by atoms with E-state index in [1.807, 2.05) is 10.9 Å². The van der Waals surface area contributed by atoms with E-state index in [9.17, 15) is 4.79 Å². The first-order valence-corrected chi connectivity index (χ1v) is 8.17. The van der Waals surface area contributed by atoms with Gasteiger partial charge in [-0.3, -0.25) is 8.75 Å². The zero-order valence-electron chi connectivity index (χ0n) is 12.9. The van der Waals surface area contributed by atoms with E-state index >= 15 is 0 Å². The van der Waals surface area contributed by atoms with Crippen molar-refractivity contribution in [3.63, 3.8) is 0 Å². The van der Waals surface area contributed by atoms with Gasteiger partial charge in [0.2, 0.25) is 0 Å². The van der Waals surface area contributed by atoms with Gasteiger partial charge in [0.1, 0.15) is 0 Å². The molecule has 3 nitrogen and oxygen atoms in total. The largest absolute Gasteiger partial charge is 0.304 e. The first-order valence-electron chi connectivity index (χ1n) is 7.40. The molecule has 0 aliphatic heterocycles. The Hall–Kier alpha value is -1.13. The summed E-state index contributed by atoms with van der Waals surface area (Å²) in [5, 5.41) is 0.906. The molecule has 2 aromatic rings. The van der Waals surface area contributed by atoms with Gasteiger partial charge in [-0.05, 0) is 57.1 Å². The maximum Gasteiger partial charge on any atom is 0.268 e. The van der Waals surface area contributed by atoms with E-state index in [0.717, 1.165) is 48.2 Å². The van der Waals surface area contributed by atoms with Crippen molar-refractivity contribution in [1.82, 2.24) is 8.86 Å². The Balaban J connectivity index is 2.17. The number of aryl methyl sites for hydroxylation is 3. The smallest absolute Gasteiger partial charge is 0.268 e. The number of aromatic nitrogens is 1. The lowest BCUT2D eigenvalue weighted by atomic mass is 10.1. The molecule has 1 heterocycles. The molecule has 0 aliphatic rings. The van der Waals surface area contributed by atoms with Crippen LogP contribution in [0.2, 0.25) is 0 Å².